The lowest BCUT2D eigenvalue weighted by molar-refractivity contribution is -0.116. The molecular weight excluding hydrogens is 376 g/mol. The van der Waals surface area contributed by atoms with Gasteiger partial charge >= 0.3 is 5.97 Å². The molecular formula is C20H16N4O3S. The fourth-order valence-corrected chi connectivity index (χ4v) is 4.82. The molecule has 3 heterocycles. The highest BCUT2D eigenvalue weighted by Gasteiger charge is 2.39. The van der Waals surface area contributed by atoms with E-state index in [4.69, 9.17) is 5.11 Å². The van der Waals surface area contributed by atoms with E-state index in [9.17, 15) is 9.59 Å². The predicted molar refractivity (Wildman–Crippen MR) is 104 cm³/mol. The second-order valence-corrected chi connectivity index (χ2v) is 7.90. The molecule has 0 saturated carbocycles. The first-order chi connectivity index (χ1) is 13.6. The molecule has 2 atom stereocenters. The number of nitrogens with one attached hydrogen (secondary N) is 1. The zero-order valence-corrected chi connectivity index (χ0v) is 15.5. The SMILES string of the molecule is O=C1CC(c2cccs2)CC2=C1C(c1ccc(C(=O)O)cc1)n1ncnc1N2. The van der Waals surface area contributed by atoms with Gasteiger partial charge in [-0.3, -0.25) is 4.79 Å². The number of carbonyl (C=O) groups excluding carboxylic acids is 1. The number of aromatic nitrogens is 3. The number of benzene rings is 1. The van der Waals surface area contributed by atoms with Crippen molar-refractivity contribution in [2.75, 3.05) is 5.32 Å². The number of rotatable bonds is 3. The topological polar surface area (TPSA) is 97.1 Å². The molecule has 0 fully saturated rings. The van der Waals surface area contributed by atoms with Crippen molar-refractivity contribution < 1.29 is 14.7 Å². The number of carboxylic acids is 1. The molecule has 3 aromatic rings. The lowest BCUT2D eigenvalue weighted by Crippen LogP contribution is -2.33. The molecule has 0 amide bonds. The van der Waals surface area contributed by atoms with E-state index in [1.807, 2.05) is 11.4 Å². The largest absolute Gasteiger partial charge is 0.478 e. The zero-order chi connectivity index (χ0) is 19.3. The molecule has 2 aromatic heterocycles. The Hall–Kier alpha value is -3.26. The third-order valence-electron chi connectivity index (χ3n) is 5.28. The quantitative estimate of drug-likeness (QED) is 0.709. The molecule has 0 spiro atoms. The minimum atomic E-state index is -0.981. The maximum Gasteiger partial charge on any atom is 0.335 e. The van der Waals surface area contributed by atoms with Gasteiger partial charge in [0, 0.05) is 28.5 Å². The monoisotopic (exact) mass is 392 g/mol. The lowest BCUT2D eigenvalue weighted by Gasteiger charge is -2.34. The van der Waals surface area contributed by atoms with Crippen LogP contribution in [0.2, 0.25) is 0 Å². The normalized spacial score (nSPS) is 21.1. The summed E-state index contributed by atoms with van der Waals surface area (Å²) in [5, 5.41) is 18.8. The highest BCUT2D eigenvalue weighted by atomic mass is 32.1. The standard InChI is InChI=1S/C20H16N4O3S/c25-15-9-13(16-2-1-7-28-16)8-14-17(15)18(24-20(23-14)21-10-22-24)11-3-5-12(6-4-11)19(26)27/h1-7,10,13,18H,8-9H2,(H,26,27)(H,21,22,23). The van der Waals surface area contributed by atoms with E-state index < -0.39 is 12.0 Å². The van der Waals surface area contributed by atoms with Crippen LogP contribution in [0.25, 0.3) is 0 Å². The smallest absolute Gasteiger partial charge is 0.335 e. The summed E-state index contributed by atoms with van der Waals surface area (Å²) >= 11 is 1.67. The summed E-state index contributed by atoms with van der Waals surface area (Å²) in [6.45, 7) is 0. The van der Waals surface area contributed by atoms with Gasteiger partial charge in [-0.15, -0.1) is 11.3 Å². The van der Waals surface area contributed by atoms with Crippen LogP contribution in [0.5, 0.6) is 0 Å². The average Bonchev–Trinajstić information content (AvgIpc) is 3.38. The van der Waals surface area contributed by atoms with Crippen LogP contribution in [0, 0.1) is 0 Å². The number of anilines is 1. The van der Waals surface area contributed by atoms with Gasteiger partial charge in [0.25, 0.3) is 0 Å². The van der Waals surface area contributed by atoms with Crippen LogP contribution in [-0.4, -0.2) is 31.6 Å². The van der Waals surface area contributed by atoms with E-state index in [2.05, 4.69) is 21.5 Å². The van der Waals surface area contributed by atoms with E-state index in [1.54, 1.807) is 40.3 Å². The van der Waals surface area contributed by atoms with Crippen molar-refractivity contribution in [3.05, 3.63) is 75.4 Å². The van der Waals surface area contributed by atoms with E-state index in [0.717, 1.165) is 17.7 Å². The van der Waals surface area contributed by atoms with E-state index >= 15 is 0 Å². The number of aromatic carboxylic acids is 1. The molecule has 1 aliphatic carbocycles. The van der Waals surface area contributed by atoms with Crippen molar-refractivity contribution >= 4 is 29.0 Å². The van der Waals surface area contributed by atoms with Gasteiger partial charge < -0.3 is 10.4 Å². The van der Waals surface area contributed by atoms with Crippen molar-refractivity contribution in [2.24, 2.45) is 0 Å². The summed E-state index contributed by atoms with van der Waals surface area (Å²) < 4.78 is 1.69. The minimum Gasteiger partial charge on any atom is -0.478 e. The number of fused-ring (bicyclic) bond motifs is 1. The van der Waals surface area contributed by atoms with Gasteiger partial charge in [-0.25, -0.2) is 9.48 Å². The van der Waals surface area contributed by atoms with E-state index in [-0.39, 0.29) is 17.3 Å². The molecule has 140 valence electrons. The molecule has 5 rings (SSSR count). The van der Waals surface area contributed by atoms with Gasteiger partial charge in [0.05, 0.1) is 5.56 Å². The Kier molecular flexibility index (Phi) is 3.87. The number of thiophene rings is 1. The number of carbonyl (C=O) groups is 2. The second-order valence-electron chi connectivity index (χ2n) is 6.92. The van der Waals surface area contributed by atoms with Crippen molar-refractivity contribution in [2.45, 2.75) is 24.8 Å². The van der Waals surface area contributed by atoms with Gasteiger partial charge in [-0.2, -0.15) is 10.1 Å². The Balaban J connectivity index is 1.59. The van der Waals surface area contributed by atoms with Crippen LogP contribution in [0.1, 0.15) is 45.6 Å². The minimum absolute atomic E-state index is 0.0839. The van der Waals surface area contributed by atoms with Crippen molar-refractivity contribution in [1.29, 1.82) is 0 Å². The molecule has 8 heteroatoms. The number of hydrogen-bond donors (Lipinski definition) is 2. The Morgan fingerprint density at radius 1 is 1.21 bits per heavy atom. The van der Waals surface area contributed by atoms with Crippen LogP contribution in [-0.2, 0) is 4.79 Å². The number of carboxylic acid groups (broad SMARTS) is 1. The van der Waals surface area contributed by atoms with Crippen LogP contribution >= 0.6 is 11.3 Å². The Bertz CT molecular complexity index is 1100. The van der Waals surface area contributed by atoms with Crippen LogP contribution < -0.4 is 5.32 Å². The van der Waals surface area contributed by atoms with Crippen molar-refractivity contribution in [1.82, 2.24) is 14.8 Å². The first-order valence-electron chi connectivity index (χ1n) is 8.91. The van der Waals surface area contributed by atoms with Crippen molar-refractivity contribution in [3.63, 3.8) is 0 Å². The molecule has 7 nitrogen and oxygen atoms in total. The molecule has 0 saturated heterocycles. The van der Waals surface area contributed by atoms with Crippen LogP contribution in [0.3, 0.4) is 0 Å². The average molecular weight is 392 g/mol. The maximum atomic E-state index is 13.2. The Labute approximate surface area is 164 Å². The third-order valence-corrected chi connectivity index (χ3v) is 6.32. The molecule has 2 aliphatic rings. The zero-order valence-electron chi connectivity index (χ0n) is 14.7. The molecule has 0 radical (unpaired) electrons. The summed E-state index contributed by atoms with van der Waals surface area (Å²) in [5.41, 5.74) is 2.59. The number of hydrogen-bond acceptors (Lipinski definition) is 6. The van der Waals surface area contributed by atoms with Gasteiger partial charge in [-0.1, -0.05) is 18.2 Å². The summed E-state index contributed by atoms with van der Waals surface area (Å²) in [5.74, 6) is -0.152. The van der Waals surface area contributed by atoms with Crippen molar-refractivity contribution in [3.8, 4) is 0 Å². The molecule has 2 unspecified atom stereocenters. The van der Waals surface area contributed by atoms with Crippen LogP contribution in [0.4, 0.5) is 5.95 Å². The number of ketones is 1. The van der Waals surface area contributed by atoms with E-state index in [1.165, 1.54) is 11.2 Å². The first-order valence-corrected chi connectivity index (χ1v) is 9.79. The third kappa shape index (κ3) is 2.65. The van der Waals surface area contributed by atoms with Gasteiger partial charge in [0.1, 0.15) is 12.4 Å². The molecule has 0 bridgehead atoms. The van der Waals surface area contributed by atoms with Crippen LogP contribution in [0.15, 0.2) is 59.4 Å². The number of Topliss-reactive ketones (excluding diaryl/α,β-unsaturated/α-hetero) is 1. The van der Waals surface area contributed by atoms with Gasteiger partial charge in [0.15, 0.2) is 5.78 Å². The van der Waals surface area contributed by atoms with E-state index in [0.29, 0.717) is 17.9 Å². The predicted octanol–water partition coefficient (Wildman–Crippen LogP) is 3.45. The fourth-order valence-electron chi connectivity index (χ4n) is 3.99. The fraction of sp³-hybridized carbons (Fsp3) is 0.200. The maximum absolute atomic E-state index is 13.2. The van der Waals surface area contributed by atoms with Gasteiger partial charge in [0.2, 0.25) is 5.95 Å². The summed E-state index contributed by atoms with van der Waals surface area (Å²) in [6, 6.07) is 10.3. The van der Waals surface area contributed by atoms with Gasteiger partial charge in [-0.05, 0) is 35.6 Å². The lowest BCUT2D eigenvalue weighted by atomic mass is 9.80. The molecule has 28 heavy (non-hydrogen) atoms. The second kappa shape index (κ2) is 6.42. The summed E-state index contributed by atoms with van der Waals surface area (Å²) in [6.07, 6.45) is 2.65. The Morgan fingerprint density at radius 2 is 2.04 bits per heavy atom. The molecule has 1 aliphatic heterocycles. The highest BCUT2D eigenvalue weighted by Crippen LogP contribution is 2.44. The Morgan fingerprint density at radius 3 is 2.75 bits per heavy atom. The summed E-state index contributed by atoms with van der Waals surface area (Å²) in [7, 11) is 0. The number of nitrogens with zero attached hydrogens (tertiary/aromatic N) is 3. The first kappa shape index (κ1) is 16.9. The highest BCUT2D eigenvalue weighted by molar-refractivity contribution is 7.10. The number of allylic oxidation sites excluding steroid dienone is 2. The molecule has 1 aromatic carbocycles. The molecule has 2 N–H and O–H groups in total. The summed E-state index contributed by atoms with van der Waals surface area (Å²) in [4.78, 5) is 29.8.